The smallest absolute Gasteiger partial charge is 0.332 e. The van der Waals surface area contributed by atoms with E-state index in [1.807, 2.05) is 0 Å². The molecule has 0 unspecified atom stereocenters. The number of imidazole rings is 1. The molecule has 0 aliphatic carbocycles. The minimum absolute atomic E-state index is 0.0175. The van der Waals surface area contributed by atoms with E-state index in [1.54, 1.807) is 24.3 Å². The molecule has 0 radical (unpaired) electrons. The number of ether oxygens (including phenoxy) is 1. The fourth-order valence-corrected chi connectivity index (χ4v) is 3.45. The van der Waals surface area contributed by atoms with Crippen LogP contribution in [0, 0.1) is 11.3 Å². The first-order valence-corrected chi connectivity index (χ1v) is 8.68. The molecular weight excluding hydrogens is 364 g/mol. The molecule has 3 aromatic rings. The van der Waals surface area contributed by atoms with Gasteiger partial charge in [-0.05, 0) is 17.7 Å². The number of nitrogens with zero attached hydrogens (tertiary/aromatic N) is 5. The summed E-state index contributed by atoms with van der Waals surface area (Å²) < 4.78 is 8.32. The first kappa shape index (κ1) is 18.1. The van der Waals surface area contributed by atoms with Gasteiger partial charge in [0.2, 0.25) is 5.95 Å². The van der Waals surface area contributed by atoms with E-state index in [4.69, 9.17) is 15.7 Å². The van der Waals surface area contributed by atoms with E-state index in [1.165, 1.54) is 15.3 Å². The Morgan fingerprint density at radius 2 is 2.25 bits per heavy atom. The third kappa shape index (κ3) is 3.01. The van der Waals surface area contributed by atoms with Crippen molar-refractivity contribution in [1.82, 2.24) is 19.1 Å². The summed E-state index contributed by atoms with van der Waals surface area (Å²) in [5, 5.41) is 28.8. The number of nitriles is 1. The summed E-state index contributed by atoms with van der Waals surface area (Å²) in [6.45, 7) is -0.0869. The molecule has 1 fully saturated rings. The summed E-state index contributed by atoms with van der Waals surface area (Å²) in [6.07, 6.45) is -0.906. The average Bonchev–Trinajstić information content (AvgIpc) is 3.19. The lowest BCUT2D eigenvalue weighted by atomic mass is 10.1. The number of rotatable bonds is 4. The van der Waals surface area contributed by atoms with Crippen LogP contribution >= 0.6 is 0 Å². The number of hydrogen-bond acceptors (Lipinski definition) is 8. The van der Waals surface area contributed by atoms with Gasteiger partial charge in [-0.3, -0.25) is 4.57 Å². The van der Waals surface area contributed by atoms with E-state index in [9.17, 15) is 15.0 Å². The summed E-state index contributed by atoms with van der Waals surface area (Å²) in [5.74, 6) is -0.0175. The minimum atomic E-state index is -0.992. The van der Waals surface area contributed by atoms with Gasteiger partial charge >= 0.3 is 5.69 Å². The Morgan fingerprint density at radius 3 is 2.96 bits per heavy atom. The fraction of sp³-hybridized carbons (Fsp3) is 0.333. The highest BCUT2D eigenvalue weighted by Crippen LogP contribution is 2.30. The van der Waals surface area contributed by atoms with Gasteiger partial charge in [0.1, 0.15) is 11.6 Å². The van der Waals surface area contributed by atoms with Crippen molar-refractivity contribution < 1.29 is 14.9 Å². The molecule has 28 heavy (non-hydrogen) atoms. The molecule has 10 heteroatoms. The van der Waals surface area contributed by atoms with Crippen LogP contribution in [0.25, 0.3) is 11.2 Å². The second kappa shape index (κ2) is 7.05. The average molecular weight is 382 g/mol. The Balaban J connectivity index is 1.85. The molecule has 3 atom stereocenters. The molecule has 3 heterocycles. The molecule has 1 aromatic carbocycles. The first-order chi connectivity index (χ1) is 13.5. The van der Waals surface area contributed by atoms with Crippen molar-refractivity contribution in [3.05, 3.63) is 52.1 Å². The summed E-state index contributed by atoms with van der Waals surface area (Å²) in [5.41, 5.74) is 7.13. The second-order valence-electron chi connectivity index (χ2n) is 6.62. The topological polar surface area (TPSA) is 152 Å². The molecule has 1 saturated heterocycles. The fourth-order valence-electron chi connectivity index (χ4n) is 3.45. The summed E-state index contributed by atoms with van der Waals surface area (Å²) in [4.78, 5) is 21.3. The summed E-state index contributed by atoms with van der Waals surface area (Å²) in [7, 11) is 0. The van der Waals surface area contributed by atoms with Crippen LogP contribution in [0.2, 0.25) is 0 Å². The van der Waals surface area contributed by atoms with E-state index in [2.05, 4.69) is 16.0 Å². The van der Waals surface area contributed by atoms with Gasteiger partial charge in [0.15, 0.2) is 11.9 Å². The Kier molecular flexibility index (Phi) is 4.56. The lowest BCUT2D eigenvalue weighted by Crippen LogP contribution is -2.32. The summed E-state index contributed by atoms with van der Waals surface area (Å²) >= 11 is 0. The molecule has 0 saturated carbocycles. The molecule has 10 nitrogen and oxygen atoms in total. The van der Waals surface area contributed by atoms with Crippen LogP contribution in [0.5, 0.6) is 0 Å². The van der Waals surface area contributed by atoms with Crippen LogP contribution in [0.3, 0.4) is 0 Å². The highest BCUT2D eigenvalue weighted by atomic mass is 16.5. The zero-order valence-electron chi connectivity index (χ0n) is 14.8. The van der Waals surface area contributed by atoms with E-state index in [0.717, 1.165) is 5.56 Å². The Labute approximate surface area is 159 Å². The SMILES string of the molecule is N#Cc1cccc(Cn2c(=O)n([C@@H]3O[C@H](CO)C[C@H]3O)c3nc(N)ncc32)c1. The quantitative estimate of drug-likeness (QED) is 0.558. The van der Waals surface area contributed by atoms with Crippen molar-refractivity contribution in [3.63, 3.8) is 0 Å². The van der Waals surface area contributed by atoms with Gasteiger partial charge in [0.05, 0.1) is 37.1 Å². The molecule has 0 spiro atoms. The number of benzene rings is 1. The van der Waals surface area contributed by atoms with Crippen molar-refractivity contribution in [2.24, 2.45) is 0 Å². The Bertz CT molecular complexity index is 1130. The third-order valence-electron chi connectivity index (χ3n) is 4.74. The van der Waals surface area contributed by atoms with Gasteiger partial charge < -0.3 is 20.7 Å². The molecule has 2 aromatic heterocycles. The number of hydrogen-bond donors (Lipinski definition) is 3. The maximum absolute atomic E-state index is 13.2. The van der Waals surface area contributed by atoms with Crippen LogP contribution in [0.15, 0.2) is 35.3 Å². The van der Waals surface area contributed by atoms with Crippen molar-refractivity contribution in [2.45, 2.75) is 31.4 Å². The second-order valence-corrected chi connectivity index (χ2v) is 6.62. The van der Waals surface area contributed by atoms with Crippen molar-refractivity contribution in [2.75, 3.05) is 12.3 Å². The highest BCUT2D eigenvalue weighted by Gasteiger charge is 2.37. The van der Waals surface area contributed by atoms with Crippen LogP contribution in [-0.2, 0) is 11.3 Å². The zero-order valence-corrected chi connectivity index (χ0v) is 14.8. The van der Waals surface area contributed by atoms with E-state index >= 15 is 0 Å². The predicted octanol–water partition coefficient (Wildman–Crippen LogP) is -0.264. The molecule has 1 aliphatic rings. The van der Waals surface area contributed by atoms with Gasteiger partial charge in [-0.15, -0.1) is 0 Å². The van der Waals surface area contributed by atoms with Crippen LogP contribution < -0.4 is 11.4 Å². The molecule has 0 amide bonds. The normalized spacial score (nSPS) is 21.8. The third-order valence-corrected chi connectivity index (χ3v) is 4.74. The van der Waals surface area contributed by atoms with Gasteiger partial charge in [0, 0.05) is 6.42 Å². The Morgan fingerprint density at radius 1 is 1.43 bits per heavy atom. The number of aromatic nitrogens is 4. The minimum Gasteiger partial charge on any atom is -0.394 e. The van der Waals surface area contributed by atoms with E-state index < -0.39 is 24.1 Å². The molecule has 1 aliphatic heterocycles. The van der Waals surface area contributed by atoms with Crippen LogP contribution in [0.1, 0.15) is 23.8 Å². The van der Waals surface area contributed by atoms with Crippen molar-refractivity contribution in [3.8, 4) is 6.07 Å². The predicted molar refractivity (Wildman–Crippen MR) is 98.1 cm³/mol. The number of nitrogens with two attached hydrogens (primary N) is 1. The standard InChI is InChI=1S/C18H18N6O4/c19-6-10-2-1-3-11(4-10)8-23-13-7-21-17(20)22-15(13)24(18(23)27)16-14(26)5-12(9-25)28-16/h1-4,7,12,14,16,25-26H,5,8-9H2,(H2,20,21,22)/t12-,14+,16+/m0/s1. The maximum atomic E-state index is 13.2. The molecular formula is C18H18N6O4. The molecule has 4 N–H and O–H groups in total. The van der Waals surface area contributed by atoms with Gasteiger partial charge in [-0.2, -0.15) is 10.2 Å². The number of anilines is 1. The first-order valence-electron chi connectivity index (χ1n) is 8.68. The van der Waals surface area contributed by atoms with E-state index in [0.29, 0.717) is 11.1 Å². The number of nitrogen functional groups attached to an aromatic ring is 1. The lowest BCUT2D eigenvalue weighted by molar-refractivity contribution is -0.0505. The van der Waals surface area contributed by atoms with Crippen molar-refractivity contribution in [1.29, 1.82) is 5.26 Å². The largest absolute Gasteiger partial charge is 0.394 e. The molecule has 4 rings (SSSR count). The summed E-state index contributed by atoms with van der Waals surface area (Å²) in [6, 6.07) is 8.98. The Hall–Kier alpha value is -3.26. The van der Waals surface area contributed by atoms with Crippen LogP contribution in [-0.4, -0.2) is 48.1 Å². The van der Waals surface area contributed by atoms with Gasteiger partial charge in [-0.1, -0.05) is 12.1 Å². The zero-order chi connectivity index (χ0) is 19.8. The van der Waals surface area contributed by atoms with Gasteiger partial charge in [0.25, 0.3) is 0 Å². The van der Waals surface area contributed by atoms with Crippen molar-refractivity contribution >= 4 is 17.1 Å². The molecule has 0 bridgehead atoms. The van der Waals surface area contributed by atoms with Crippen LogP contribution in [0.4, 0.5) is 5.95 Å². The monoisotopic (exact) mass is 382 g/mol. The van der Waals surface area contributed by atoms with Gasteiger partial charge in [-0.25, -0.2) is 14.3 Å². The highest BCUT2D eigenvalue weighted by molar-refractivity contribution is 5.72. The lowest BCUT2D eigenvalue weighted by Gasteiger charge is -2.15. The number of aliphatic hydroxyl groups excluding tert-OH is 2. The molecule has 144 valence electrons. The van der Waals surface area contributed by atoms with E-state index in [-0.39, 0.29) is 31.2 Å². The number of aliphatic hydroxyl groups is 2. The number of fused-ring (bicyclic) bond motifs is 1. The maximum Gasteiger partial charge on any atom is 0.332 e.